The van der Waals surface area contributed by atoms with E-state index in [0.717, 1.165) is 0 Å². The highest BCUT2D eigenvalue weighted by atomic mass is 16.5. The van der Waals surface area contributed by atoms with Gasteiger partial charge >= 0.3 is 0 Å². The summed E-state index contributed by atoms with van der Waals surface area (Å²) in [4.78, 5) is 19.1. The lowest BCUT2D eigenvalue weighted by atomic mass is 9.89. The first-order valence-electron chi connectivity index (χ1n) is 8.26. The molecule has 0 aliphatic carbocycles. The van der Waals surface area contributed by atoms with Gasteiger partial charge in [-0.05, 0) is 18.6 Å². The normalized spacial score (nSPS) is 20.2. The Kier molecular flexibility index (Phi) is 3.83. The minimum atomic E-state index is -0.0281. The third-order valence-electron chi connectivity index (χ3n) is 4.74. The summed E-state index contributed by atoms with van der Waals surface area (Å²) in [5.41, 5.74) is 1.75. The second kappa shape index (κ2) is 6.16. The summed E-state index contributed by atoms with van der Waals surface area (Å²) >= 11 is 0. The Morgan fingerprint density at radius 3 is 2.56 bits per heavy atom. The second-order valence-electron chi connectivity index (χ2n) is 6.35. The van der Waals surface area contributed by atoms with Crippen molar-refractivity contribution in [2.45, 2.75) is 18.8 Å². The van der Waals surface area contributed by atoms with Gasteiger partial charge in [0.15, 0.2) is 5.82 Å². The summed E-state index contributed by atoms with van der Waals surface area (Å²) in [6.45, 7) is 2.96. The van der Waals surface area contributed by atoms with Crippen LogP contribution in [0.3, 0.4) is 0 Å². The van der Waals surface area contributed by atoms with Gasteiger partial charge in [0.05, 0.1) is 5.92 Å². The molecule has 1 aliphatic heterocycles. The number of hydrogen-bond donors (Lipinski definition) is 0. The average Bonchev–Trinajstić information content (AvgIpc) is 3.34. The fourth-order valence-electron chi connectivity index (χ4n) is 3.47. The van der Waals surface area contributed by atoms with Gasteiger partial charge in [-0.3, -0.25) is 9.48 Å². The van der Waals surface area contributed by atoms with Crippen LogP contribution in [0.15, 0.2) is 47.1 Å². The van der Waals surface area contributed by atoms with E-state index in [4.69, 9.17) is 4.52 Å². The van der Waals surface area contributed by atoms with Crippen LogP contribution in [-0.4, -0.2) is 43.8 Å². The van der Waals surface area contributed by atoms with Gasteiger partial charge in [-0.15, -0.1) is 0 Å². The van der Waals surface area contributed by atoms with Gasteiger partial charge in [0.2, 0.25) is 5.89 Å². The predicted molar refractivity (Wildman–Crippen MR) is 90.1 cm³/mol. The highest BCUT2D eigenvalue weighted by Crippen LogP contribution is 2.39. The molecule has 1 aromatic carbocycles. The molecule has 0 radical (unpaired) electrons. The molecule has 0 N–H and O–H groups in total. The van der Waals surface area contributed by atoms with Crippen LogP contribution in [0.4, 0.5) is 0 Å². The predicted octanol–water partition coefficient (Wildman–Crippen LogP) is 2.13. The van der Waals surface area contributed by atoms with E-state index in [1.807, 2.05) is 23.1 Å². The fourth-order valence-corrected chi connectivity index (χ4v) is 3.47. The Bertz CT molecular complexity index is 886. The molecular weight excluding hydrogens is 318 g/mol. The van der Waals surface area contributed by atoms with Crippen molar-refractivity contribution in [1.29, 1.82) is 0 Å². The molecule has 2 atom stereocenters. The van der Waals surface area contributed by atoms with Gasteiger partial charge in [-0.1, -0.05) is 35.5 Å². The van der Waals surface area contributed by atoms with Gasteiger partial charge in [0.25, 0.3) is 5.91 Å². The largest absolute Gasteiger partial charge is 0.339 e. The van der Waals surface area contributed by atoms with Crippen molar-refractivity contribution in [2.24, 2.45) is 7.05 Å². The average molecular weight is 337 g/mol. The molecule has 1 aliphatic rings. The lowest BCUT2D eigenvalue weighted by Gasteiger charge is -2.16. The monoisotopic (exact) mass is 337 g/mol. The molecule has 7 nitrogen and oxygen atoms in total. The SMILES string of the molecule is Cc1noc([C@@H]2CN(C(=O)c3ccnn3C)C[C@H]2c2ccccc2)n1. The summed E-state index contributed by atoms with van der Waals surface area (Å²) in [5, 5.41) is 8.01. The fraction of sp³-hybridized carbons (Fsp3) is 0.333. The first-order valence-corrected chi connectivity index (χ1v) is 8.26. The van der Waals surface area contributed by atoms with Crippen LogP contribution in [0.5, 0.6) is 0 Å². The molecule has 3 aromatic rings. The topological polar surface area (TPSA) is 77.0 Å². The van der Waals surface area contributed by atoms with Crippen LogP contribution >= 0.6 is 0 Å². The Morgan fingerprint density at radius 2 is 1.92 bits per heavy atom. The van der Waals surface area contributed by atoms with Crippen LogP contribution in [0.25, 0.3) is 0 Å². The number of nitrogens with zero attached hydrogens (tertiary/aromatic N) is 5. The van der Waals surface area contributed by atoms with Crippen LogP contribution in [0.2, 0.25) is 0 Å². The third-order valence-corrected chi connectivity index (χ3v) is 4.74. The van der Waals surface area contributed by atoms with Gasteiger partial charge in [0.1, 0.15) is 5.69 Å². The van der Waals surface area contributed by atoms with Crippen LogP contribution in [-0.2, 0) is 7.05 Å². The van der Waals surface area contributed by atoms with E-state index in [0.29, 0.717) is 30.5 Å². The number of likely N-dealkylation sites (tertiary alicyclic amines) is 1. The summed E-state index contributed by atoms with van der Waals surface area (Å²) in [5.74, 6) is 1.28. The van der Waals surface area contributed by atoms with Crippen molar-refractivity contribution in [3.8, 4) is 0 Å². The number of hydrogen-bond acceptors (Lipinski definition) is 5. The van der Waals surface area contributed by atoms with Crippen molar-refractivity contribution in [2.75, 3.05) is 13.1 Å². The maximum atomic E-state index is 12.9. The molecule has 0 bridgehead atoms. The van der Waals surface area contributed by atoms with Crippen LogP contribution in [0, 0.1) is 6.92 Å². The van der Waals surface area contributed by atoms with Gasteiger partial charge in [-0.25, -0.2) is 0 Å². The zero-order valence-electron chi connectivity index (χ0n) is 14.2. The molecule has 1 saturated heterocycles. The number of aromatic nitrogens is 4. The van der Waals surface area contributed by atoms with E-state index in [1.165, 1.54) is 5.56 Å². The second-order valence-corrected chi connectivity index (χ2v) is 6.35. The zero-order valence-corrected chi connectivity index (χ0v) is 14.2. The molecule has 4 rings (SSSR count). The molecule has 0 spiro atoms. The maximum Gasteiger partial charge on any atom is 0.272 e. The first kappa shape index (κ1) is 15.6. The summed E-state index contributed by atoms with van der Waals surface area (Å²) in [7, 11) is 1.77. The Hall–Kier alpha value is -2.96. The Labute approximate surface area is 145 Å². The van der Waals surface area contributed by atoms with Crippen molar-refractivity contribution >= 4 is 5.91 Å². The maximum absolute atomic E-state index is 12.9. The number of amides is 1. The number of carbonyl (C=O) groups excluding carboxylic acids is 1. The molecular formula is C18H19N5O2. The van der Waals surface area contributed by atoms with Crippen molar-refractivity contribution in [3.05, 3.63) is 65.6 Å². The van der Waals surface area contributed by atoms with Crippen molar-refractivity contribution < 1.29 is 9.32 Å². The Balaban J connectivity index is 1.67. The van der Waals surface area contributed by atoms with Crippen LogP contribution < -0.4 is 0 Å². The molecule has 25 heavy (non-hydrogen) atoms. The Morgan fingerprint density at radius 1 is 1.16 bits per heavy atom. The standard InChI is InChI=1S/C18H19N5O2/c1-12-20-17(25-21-12)15-11-23(18(24)16-8-9-19-22(16)2)10-14(15)13-6-4-3-5-7-13/h3-9,14-15H,10-11H2,1-2H3/t14-,15+/m0/s1. The molecule has 1 amide bonds. The minimum absolute atomic E-state index is 0.0132. The van der Waals surface area contributed by atoms with Crippen molar-refractivity contribution in [1.82, 2.24) is 24.8 Å². The van der Waals surface area contributed by atoms with E-state index in [9.17, 15) is 4.79 Å². The molecule has 128 valence electrons. The molecule has 3 heterocycles. The summed E-state index contributed by atoms with van der Waals surface area (Å²) in [6.07, 6.45) is 1.64. The smallest absolute Gasteiger partial charge is 0.272 e. The molecule has 2 aromatic heterocycles. The summed E-state index contributed by atoms with van der Waals surface area (Å²) in [6, 6.07) is 11.9. The van der Waals surface area contributed by atoms with Gasteiger partial charge < -0.3 is 9.42 Å². The number of rotatable bonds is 3. The lowest BCUT2D eigenvalue weighted by molar-refractivity contribution is 0.0777. The summed E-state index contributed by atoms with van der Waals surface area (Å²) < 4.78 is 7.03. The van der Waals surface area contributed by atoms with Gasteiger partial charge in [0, 0.05) is 32.3 Å². The first-order chi connectivity index (χ1) is 12.1. The quantitative estimate of drug-likeness (QED) is 0.732. The van der Waals surface area contributed by atoms with E-state index in [-0.39, 0.29) is 17.7 Å². The van der Waals surface area contributed by atoms with Crippen molar-refractivity contribution in [3.63, 3.8) is 0 Å². The molecule has 1 fully saturated rings. The van der Waals surface area contributed by atoms with Crippen LogP contribution in [0.1, 0.15) is 39.6 Å². The van der Waals surface area contributed by atoms with E-state index >= 15 is 0 Å². The highest BCUT2D eigenvalue weighted by molar-refractivity contribution is 5.92. The number of aryl methyl sites for hydroxylation is 2. The molecule has 0 saturated carbocycles. The third kappa shape index (κ3) is 2.82. The van der Waals surface area contributed by atoms with E-state index in [1.54, 1.807) is 30.9 Å². The molecule has 0 unspecified atom stereocenters. The van der Waals surface area contributed by atoms with Gasteiger partial charge in [-0.2, -0.15) is 10.1 Å². The van der Waals surface area contributed by atoms with E-state index < -0.39 is 0 Å². The highest BCUT2D eigenvalue weighted by Gasteiger charge is 2.40. The minimum Gasteiger partial charge on any atom is -0.339 e. The zero-order chi connectivity index (χ0) is 17.4. The number of carbonyl (C=O) groups is 1. The molecule has 7 heteroatoms. The number of benzene rings is 1. The van der Waals surface area contributed by atoms with E-state index in [2.05, 4.69) is 27.4 Å². The lowest BCUT2D eigenvalue weighted by Crippen LogP contribution is -2.30.